The number of thioether (sulfide) groups is 1. The molecule has 1 amide bonds. The van der Waals surface area contributed by atoms with Crippen molar-refractivity contribution in [3.05, 3.63) is 71.7 Å². The van der Waals surface area contributed by atoms with Crippen molar-refractivity contribution < 1.29 is 13.6 Å². The standard InChI is InChI=1S/C20H13F2N3OS2/c21-14-6-5-12(9-15(14)22)17-10-28-20(24-17)25-19(26)11-27-18-7-8-23-16-4-2-1-3-13(16)18/h1-10H,11H2,(H,24,25,26). The van der Waals surface area contributed by atoms with Crippen LogP contribution in [0, 0.1) is 11.6 Å². The molecule has 140 valence electrons. The Morgan fingerprint density at radius 3 is 2.82 bits per heavy atom. The summed E-state index contributed by atoms with van der Waals surface area (Å²) >= 11 is 2.65. The van der Waals surface area contributed by atoms with Crippen LogP contribution in [0.3, 0.4) is 0 Å². The fourth-order valence-electron chi connectivity index (χ4n) is 2.61. The average Bonchev–Trinajstić information content (AvgIpc) is 3.17. The monoisotopic (exact) mass is 413 g/mol. The summed E-state index contributed by atoms with van der Waals surface area (Å²) in [7, 11) is 0. The van der Waals surface area contributed by atoms with E-state index in [-0.39, 0.29) is 11.7 Å². The number of para-hydroxylation sites is 1. The third-order valence-corrected chi connectivity index (χ3v) is 5.76. The van der Waals surface area contributed by atoms with Gasteiger partial charge in [-0.05, 0) is 30.3 Å². The van der Waals surface area contributed by atoms with E-state index in [4.69, 9.17) is 0 Å². The molecule has 0 radical (unpaired) electrons. The molecule has 2 heterocycles. The smallest absolute Gasteiger partial charge is 0.236 e. The molecule has 0 aliphatic rings. The van der Waals surface area contributed by atoms with Crippen molar-refractivity contribution in [3.8, 4) is 11.3 Å². The van der Waals surface area contributed by atoms with Gasteiger partial charge in [0.05, 0.1) is 17.0 Å². The number of rotatable bonds is 5. The lowest BCUT2D eigenvalue weighted by Crippen LogP contribution is -2.13. The number of benzene rings is 2. The first-order valence-corrected chi connectivity index (χ1v) is 10.1. The summed E-state index contributed by atoms with van der Waals surface area (Å²) in [5.41, 5.74) is 1.81. The molecule has 4 aromatic rings. The van der Waals surface area contributed by atoms with Gasteiger partial charge >= 0.3 is 0 Å². The summed E-state index contributed by atoms with van der Waals surface area (Å²) in [4.78, 5) is 21.8. The van der Waals surface area contributed by atoms with E-state index in [0.29, 0.717) is 16.4 Å². The third-order valence-electron chi connectivity index (χ3n) is 3.93. The van der Waals surface area contributed by atoms with Crippen LogP contribution in [0.1, 0.15) is 0 Å². The second-order valence-corrected chi connectivity index (χ2v) is 7.71. The number of aromatic nitrogens is 2. The van der Waals surface area contributed by atoms with Crippen molar-refractivity contribution >= 4 is 45.0 Å². The van der Waals surface area contributed by atoms with Gasteiger partial charge in [-0.2, -0.15) is 0 Å². The minimum atomic E-state index is -0.933. The van der Waals surface area contributed by atoms with Crippen LogP contribution in [0.4, 0.5) is 13.9 Å². The highest BCUT2D eigenvalue weighted by atomic mass is 32.2. The molecule has 0 aliphatic heterocycles. The molecule has 4 nitrogen and oxygen atoms in total. The number of anilines is 1. The van der Waals surface area contributed by atoms with Gasteiger partial charge in [0.2, 0.25) is 5.91 Å². The number of carbonyl (C=O) groups is 1. The van der Waals surface area contributed by atoms with Gasteiger partial charge in [-0.1, -0.05) is 18.2 Å². The summed E-state index contributed by atoms with van der Waals surface area (Å²) in [5.74, 6) is -1.82. The summed E-state index contributed by atoms with van der Waals surface area (Å²) in [5, 5.41) is 5.83. The fourth-order valence-corrected chi connectivity index (χ4v) is 4.19. The molecular weight excluding hydrogens is 400 g/mol. The molecule has 0 fully saturated rings. The van der Waals surface area contributed by atoms with Crippen LogP contribution >= 0.6 is 23.1 Å². The fraction of sp³-hybridized carbons (Fsp3) is 0.0500. The van der Waals surface area contributed by atoms with Crippen LogP contribution in [0.15, 0.2) is 65.0 Å². The Hall–Kier alpha value is -2.84. The minimum absolute atomic E-state index is 0.197. The number of thiazole rings is 1. The van der Waals surface area contributed by atoms with Gasteiger partial charge in [0, 0.05) is 27.4 Å². The zero-order valence-electron chi connectivity index (χ0n) is 14.4. The number of hydrogen-bond acceptors (Lipinski definition) is 5. The molecule has 2 aromatic carbocycles. The first-order chi connectivity index (χ1) is 13.6. The summed E-state index contributed by atoms with van der Waals surface area (Å²) < 4.78 is 26.4. The summed E-state index contributed by atoms with van der Waals surface area (Å²) in [6.45, 7) is 0. The zero-order valence-corrected chi connectivity index (χ0v) is 16.0. The van der Waals surface area contributed by atoms with Crippen LogP contribution in [0.5, 0.6) is 0 Å². The van der Waals surface area contributed by atoms with Gasteiger partial charge in [-0.25, -0.2) is 13.8 Å². The Labute approximate surface area is 167 Å². The van der Waals surface area contributed by atoms with Gasteiger partial charge in [-0.15, -0.1) is 23.1 Å². The summed E-state index contributed by atoms with van der Waals surface area (Å²) in [6, 6.07) is 13.2. The average molecular weight is 413 g/mol. The minimum Gasteiger partial charge on any atom is -0.301 e. The van der Waals surface area contributed by atoms with E-state index in [2.05, 4.69) is 15.3 Å². The van der Waals surface area contributed by atoms with Crippen molar-refractivity contribution in [2.24, 2.45) is 0 Å². The van der Waals surface area contributed by atoms with Gasteiger partial charge in [0.15, 0.2) is 16.8 Å². The number of pyridine rings is 1. The normalized spacial score (nSPS) is 10.9. The predicted molar refractivity (Wildman–Crippen MR) is 109 cm³/mol. The second-order valence-electron chi connectivity index (χ2n) is 5.83. The van der Waals surface area contributed by atoms with E-state index in [1.165, 1.54) is 29.2 Å². The van der Waals surface area contributed by atoms with Gasteiger partial charge < -0.3 is 5.32 Å². The molecule has 1 N–H and O–H groups in total. The molecule has 0 bridgehead atoms. The van der Waals surface area contributed by atoms with E-state index in [0.717, 1.165) is 27.9 Å². The lowest BCUT2D eigenvalue weighted by atomic mass is 10.2. The molecule has 0 spiro atoms. The first-order valence-electron chi connectivity index (χ1n) is 8.27. The van der Waals surface area contributed by atoms with Crippen LogP contribution in [0.2, 0.25) is 0 Å². The molecular formula is C20H13F2N3OS2. The van der Waals surface area contributed by atoms with Crippen LogP contribution in [0.25, 0.3) is 22.2 Å². The molecule has 0 saturated carbocycles. The van der Waals surface area contributed by atoms with Gasteiger partial charge in [0.1, 0.15) is 0 Å². The largest absolute Gasteiger partial charge is 0.301 e. The lowest BCUT2D eigenvalue weighted by molar-refractivity contribution is -0.113. The van der Waals surface area contributed by atoms with Gasteiger partial charge in [-0.3, -0.25) is 9.78 Å². The van der Waals surface area contributed by atoms with Crippen molar-refractivity contribution in [2.45, 2.75) is 4.90 Å². The predicted octanol–water partition coefficient (Wildman–Crippen LogP) is 5.37. The quantitative estimate of drug-likeness (QED) is 0.447. The van der Waals surface area contributed by atoms with Crippen molar-refractivity contribution in [3.63, 3.8) is 0 Å². The van der Waals surface area contributed by atoms with Crippen molar-refractivity contribution in [1.29, 1.82) is 0 Å². The Morgan fingerprint density at radius 1 is 1.11 bits per heavy atom. The van der Waals surface area contributed by atoms with Crippen LogP contribution < -0.4 is 5.32 Å². The highest BCUT2D eigenvalue weighted by Crippen LogP contribution is 2.28. The van der Waals surface area contributed by atoms with E-state index >= 15 is 0 Å². The first kappa shape index (κ1) is 18.5. The number of amides is 1. The molecule has 0 saturated heterocycles. The topological polar surface area (TPSA) is 54.9 Å². The SMILES string of the molecule is O=C(CSc1ccnc2ccccc12)Nc1nc(-c2ccc(F)c(F)c2)cs1. The van der Waals surface area contributed by atoms with E-state index in [9.17, 15) is 13.6 Å². The maximum atomic E-state index is 13.4. The molecule has 0 atom stereocenters. The molecule has 4 rings (SSSR count). The third kappa shape index (κ3) is 4.02. The molecule has 8 heteroatoms. The van der Waals surface area contributed by atoms with Crippen molar-refractivity contribution in [2.75, 3.05) is 11.1 Å². The molecule has 0 unspecified atom stereocenters. The molecule has 0 aliphatic carbocycles. The lowest BCUT2D eigenvalue weighted by Gasteiger charge is -2.05. The summed E-state index contributed by atoms with van der Waals surface area (Å²) in [6.07, 6.45) is 1.72. The second kappa shape index (κ2) is 8.04. The Kier molecular flexibility index (Phi) is 5.31. The maximum absolute atomic E-state index is 13.4. The van der Waals surface area contributed by atoms with Gasteiger partial charge in [0.25, 0.3) is 0 Å². The highest BCUT2D eigenvalue weighted by Gasteiger charge is 2.11. The number of fused-ring (bicyclic) bond motifs is 1. The number of nitrogens with zero attached hydrogens (tertiary/aromatic N) is 2. The molecule has 2 aromatic heterocycles. The zero-order chi connectivity index (χ0) is 19.5. The number of carbonyl (C=O) groups excluding carboxylic acids is 1. The Balaban J connectivity index is 1.41. The Morgan fingerprint density at radius 2 is 1.96 bits per heavy atom. The highest BCUT2D eigenvalue weighted by molar-refractivity contribution is 8.00. The molecule has 28 heavy (non-hydrogen) atoms. The van der Waals surface area contributed by atoms with Crippen molar-refractivity contribution in [1.82, 2.24) is 9.97 Å². The number of nitrogens with one attached hydrogen (secondary N) is 1. The van der Waals surface area contributed by atoms with E-state index in [1.54, 1.807) is 11.6 Å². The maximum Gasteiger partial charge on any atom is 0.236 e. The van der Waals surface area contributed by atoms with Crippen LogP contribution in [-0.2, 0) is 4.79 Å². The Bertz CT molecular complexity index is 1160. The number of halogens is 2. The van der Waals surface area contributed by atoms with E-state index in [1.807, 2.05) is 30.3 Å². The van der Waals surface area contributed by atoms with Crippen LogP contribution in [-0.4, -0.2) is 21.6 Å². The number of hydrogen-bond donors (Lipinski definition) is 1. The van der Waals surface area contributed by atoms with E-state index < -0.39 is 11.6 Å².